The van der Waals surface area contributed by atoms with Gasteiger partial charge in [-0.2, -0.15) is 0 Å². The Morgan fingerprint density at radius 1 is 1.23 bits per heavy atom. The van der Waals surface area contributed by atoms with E-state index in [9.17, 15) is 29.4 Å². The van der Waals surface area contributed by atoms with Gasteiger partial charge in [0.05, 0.1) is 30.6 Å². The molecular formula is C25H34O10. The van der Waals surface area contributed by atoms with Crippen LogP contribution in [0.1, 0.15) is 47.5 Å². The molecule has 194 valence electrons. The zero-order valence-corrected chi connectivity index (χ0v) is 20.9. The fraction of sp³-hybridized carbons (Fsp3) is 0.600. The Balaban J connectivity index is 2.75. The first-order chi connectivity index (χ1) is 16.2. The van der Waals surface area contributed by atoms with Gasteiger partial charge in [-0.3, -0.25) is 4.79 Å². The van der Waals surface area contributed by atoms with Gasteiger partial charge in [0.2, 0.25) is 0 Å². The number of methoxy groups -OCH3 is 1. The van der Waals surface area contributed by atoms with Crippen molar-refractivity contribution >= 4 is 23.9 Å². The predicted octanol–water partition coefficient (Wildman–Crippen LogP) is 1.54. The average molecular weight is 495 g/mol. The number of esters is 4. The summed E-state index contributed by atoms with van der Waals surface area (Å²) < 4.78 is 21.7. The summed E-state index contributed by atoms with van der Waals surface area (Å²) in [6, 6.07) is 0. The first-order valence-corrected chi connectivity index (χ1v) is 11.4. The van der Waals surface area contributed by atoms with Crippen LogP contribution in [0.25, 0.3) is 0 Å². The van der Waals surface area contributed by atoms with Crippen molar-refractivity contribution in [3.05, 3.63) is 35.5 Å². The molecule has 1 heterocycles. The Labute approximate surface area is 204 Å². The van der Waals surface area contributed by atoms with Gasteiger partial charge < -0.3 is 29.2 Å². The highest BCUT2D eigenvalue weighted by Crippen LogP contribution is 2.38. The molecule has 0 aromatic heterocycles. The third-order valence-corrected chi connectivity index (χ3v) is 6.18. The molecule has 0 bridgehead atoms. The molecule has 2 rings (SSSR count). The van der Waals surface area contributed by atoms with Crippen molar-refractivity contribution in [1.82, 2.24) is 0 Å². The smallest absolute Gasteiger partial charge is 0.341 e. The summed E-state index contributed by atoms with van der Waals surface area (Å²) >= 11 is 0. The van der Waals surface area contributed by atoms with Crippen molar-refractivity contribution in [1.29, 1.82) is 0 Å². The summed E-state index contributed by atoms with van der Waals surface area (Å²) in [4.78, 5) is 51.0. The van der Waals surface area contributed by atoms with Gasteiger partial charge >= 0.3 is 23.9 Å². The lowest BCUT2D eigenvalue weighted by Gasteiger charge is -2.36. The third kappa shape index (κ3) is 6.18. The van der Waals surface area contributed by atoms with Crippen LogP contribution in [0.4, 0.5) is 0 Å². The minimum atomic E-state index is -2.34. The summed E-state index contributed by atoms with van der Waals surface area (Å²) in [6.45, 7) is 11.0. The molecule has 10 nitrogen and oxygen atoms in total. The van der Waals surface area contributed by atoms with Crippen LogP contribution in [-0.2, 0) is 38.1 Å². The fourth-order valence-corrected chi connectivity index (χ4v) is 3.69. The molecule has 0 amide bonds. The van der Waals surface area contributed by atoms with Crippen LogP contribution >= 0.6 is 0 Å². The number of ether oxygens (including phenoxy) is 4. The molecular weight excluding hydrogens is 460 g/mol. The van der Waals surface area contributed by atoms with Gasteiger partial charge in [-0.25, -0.2) is 14.4 Å². The fourth-order valence-electron chi connectivity index (χ4n) is 3.69. The van der Waals surface area contributed by atoms with Gasteiger partial charge in [-0.05, 0) is 39.7 Å². The largest absolute Gasteiger partial charge is 0.466 e. The SMILES string of the molecule is C=C1C(=O)OC2C=C(C)CCC=C(C(=O)OC)C(OC(=O)C(C)C)C(OC(=O)C(C)(O)C(C)O)C12. The first kappa shape index (κ1) is 28.3. The second-order valence-electron chi connectivity index (χ2n) is 9.33. The van der Waals surface area contributed by atoms with Crippen LogP contribution < -0.4 is 0 Å². The van der Waals surface area contributed by atoms with Gasteiger partial charge in [0.25, 0.3) is 0 Å². The van der Waals surface area contributed by atoms with E-state index in [-0.39, 0.29) is 11.1 Å². The Hall–Kier alpha value is -2.98. The van der Waals surface area contributed by atoms with Gasteiger partial charge in [0.1, 0.15) is 6.10 Å². The number of hydrogen-bond acceptors (Lipinski definition) is 10. The van der Waals surface area contributed by atoms with E-state index < -0.39 is 65.7 Å². The van der Waals surface area contributed by atoms with E-state index >= 15 is 0 Å². The molecule has 1 saturated heterocycles. The summed E-state index contributed by atoms with van der Waals surface area (Å²) in [5.41, 5.74) is -1.68. The number of fused-ring (bicyclic) bond motifs is 1. The van der Waals surface area contributed by atoms with E-state index in [0.29, 0.717) is 12.8 Å². The number of carbonyl (C=O) groups is 4. The van der Waals surface area contributed by atoms with Crippen molar-refractivity contribution in [3.63, 3.8) is 0 Å². The van der Waals surface area contributed by atoms with Crippen LogP contribution in [0.3, 0.4) is 0 Å². The molecule has 1 fully saturated rings. The Kier molecular flexibility index (Phi) is 9.02. The molecule has 10 heteroatoms. The van der Waals surface area contributed by atoms with Crippen LogP contribution in [0.15, 0.2) is 35.5 Å². The maximum Gasteiger partial charge on any atom is 0.341 e. The molecule has 35 heavy (non-hydrogen) atoms. The molecule has 1 aliphatic heterocycles. The Bertz CT molecular complexity index is 940. The topological polar surface area (TPSA) is 146 Å². The maximum atomic E-state index is 13.0. The Morgan fingerprint density at radius 3 is 2.40 bits per heavy atom. The molecule has 1 aliphatic carbocycles. The van der Waals surface area contributed by atoms with E-state index in [1.54, 1.807) is 19.9 Å². The van der Waals surface area contributed by atoms with Crippen molar-refractivity contribution in [3.8, 4) is 0 Å². The molecule has 0 saturated carbocycles. The van der Waals surface area contributed by atoms with E-state index in [4.69, 9.17) is 18.9 Å². The lowest BCUT2D eigenvalue weighted by molar-refractivity contribution is -0.192. The molecule has 0 aromatic rings. The summed E-state index contributed by atoms with van der Waals surface area (Å²) in [7, 11) is 1.15. The number of allylic oxidation sites excluding steroid dienone is 2. The van der Waals surface area contributed by atoms with E-state index in [0.717, 1.165) is 19.6 Å². The predicted molar refractivity (Wildman–Crippen MR) is 123 cm³/mol. The summed E-state index contributed by atoms with van der Waals surface area (Å²) in [5, 5.41) is 20.4. The maximum absolute atomic E-state index is 13.0. The minimum absolute atomic E-state index is 0.0658. The molecule has 0 aromatic carbocycles. The average Bonchev–Trinajstić information content (AvgIpc) is 3.05. The number of aliphatic hydroxyl groups excluding tert-OH is 1. The molecule has 0 radical (unpaired) electrons. The standard InChI is InChI=1S/C25H34O10/c1-12(2)21(27)34-19-16(23(29)32-7)10-8-9-13(3)11-17-18(14(4)22(28)33-17)20(19)35-24(30)25(6,31)15(5)26/h10-12,15,17-20,26,31H,4,8-9H2,1-3,5-7H3. The van der Waals surface area contributed by atoms with Crippen LogP contribution in [0, 0.1) is 11.8 Å². The lowest BCUT2D eigenvalue weighted by atomic mass is 9.83. The first-order valence-electron chi connectivity index (χ1n) is 11.4. The van der Waals surface area contributed by atoms with Crippen LogP contribution in [0.5, 0.6) is 0 Å². The number of carbonyl (C=O) groups excluding carboxylic acids is 4. The van der Waals surface area contributed by atoms with E-state index in [2.05, 4.69) is 6.58 Å². The zero-order valence-electron chi connectivity index (χ0n) is 20.9. The highest BCUT2D eigenvalue weighted by Gasteiger charge is 2.52. The summed E-state index contributed by atoms with van der Waals surface area (Å²) in [5.74, 6) is -5.21. The van der Waals surface area contributed by atoms with Crippen molar-refractivity contribution in [2.24, 2.45) is 11.8 Å². The molecule has 0 spiro atoms. The highest BCUT2D eigenvalue weighted by molar-refractivity contribution is 5.93. The number of hydrogen-bond donors (Lipinski definition) is 2. The van der Waals surface area contributed by atoms with Gasteiger partial charge in [-0.1, -0.05) is 32.1 Å². The van der Waals surface area contributed by atoms with Crippen LogP contribution in [-0.4, -0.2) is 71.2 Å². The zero-order chi connectivity index (χ0) is 26.7. The van der Waals surface area contributed by atoms with Crippen LogP contribution in [0.2, 0.25) is 0 Å². The monoisotopic (exact) mass is 494 g/mol. The molecule has 2 N–H and O–H groups in total. The van der Waals surface area contributed by atoms with E-state index in [1.807, 2.05) is 6.92 Å². The van der Waals surface area contributed by atoms with E-state index in [1.165, 1.54) is 13.0 Å². The highest BCUT2D eigenvalue weighted by atomic mass is 16.6. The molecule has 2 aliphatic rings. The van der Waals surface area contributed by atoms with Gasteiger partial charge in [-0.15, -0.1) is 0 Å². The Morgan fingerprint density at radius 2 is 1.86 bits per heavy atom. The van der Waals surface area contributed by atoms with Crippen molar-refractivity contribution in [2.45, 2.75) is 77.5 Å². The molecule has 6 unspecified atom stereocenters. The van der Waals surface area contributed by atoms with Gasteiger partial charge in [0, 0.05) is 5.57 Å². The summed E-state index contributed by atoms with van der Waals surface area (Å²) in [6.07, 6.45) is -1.45. The number of rotatable bonds is 6. The second kappa shape index (κ2) is 11.2. The quantitative estimate of drug-likeness (QED) is 0.241. The number of aliphatic hydroxyl groups is 2. The second-order valence-corrected chi connectivity index (χ2v) is 9.33. The normalized spacial score (nSPS) is 27.5. The van der Waals surface area contributed by atoms with Gasteiger partial charge in [0.15, 0.2) is 17.8 Å². The van der Waals surface area contributed by atoms with Crippen molar-refractivity contribution < 1.29 is 48.3 Å². The molecule has 6 atom stereocenters. The van der Waals surface area contributed by atoms with Crippen molar-refractivity contribution in [2.75, 3.05) is 7.11 Å². The third-order valence-electron chi connectivity index (χ3n) is 6.18. The minimum Gasteiger partial charge on any atom is -0.466 e. The lowest BCUT2D eigenvalue weighted by Crippen LogP contribution is -2.52.